The molecule has 0 aliphatic carbocycles. The van der Waals surface area contributed by atoms with E-state index in [-0.39, 0.29) is 0 Å². The van der Waals surface area contributed by atoms with Gasteiger partial charge in [0.2, 0.25) is 5.89 Å². The van der Waals surface area contributed by atoms with Gasteiger partial charge in [-0.25, -0.2) is 4.98 Å². The number of hydrogen-bond acceptors (Lipinski definition) is 4. The summed E-state index contributed by atoms with van der Waals surface area (Å²) >= 11 is 0. The van der Waals surface area contributed by atoms with Gasteiger partial charge in [-0.2, -0.15) is 0 Å². The summed E-state index contributed by atoms with van der Waals surface area (Å²) in [5, 5.41) is 6.64. The van der Waals surface area contributed by atoms with Gasteiger partial charge in [0.25, 0.3) is 0 Å². The summed E-state index contributed by atoms with van der Waals surface area (Å²) in [5.74, 6) is 0.620. The average Bonchev–Trinajstić information content (AvgIpc) is 3.87. The summed E-state index contributed by atoms with van der Waals surface area (Å²) in [7, 11) is 0. The second-order valence-corrected chi connectivity index (χ2v) is 13.9. The van der Waals surface area contributed by atoms with Crippen LogP contribution in [0.5, 0.6) is 0 Å². The molecule has 55 heavy (non-hydrogen) atoms. The molecule has 0 amide bonds. The van der Waals surface area contributed by atoms with Crippen molar-refractivity contribution in [3.05, 3.63) is 194 Å². The fraction of sp³-hybridized carbons (Fsp3) is 0. The van der Waals surface area contributed by atoms with E-state index in [1.54, 1.807) is 0 Å². The number of para-hydroxylation sites is 2. The summed E-state index contributed by atoms with van der Waals surface area (Å²) in [5.41, 5.74) is 12.1. The van der Waals surface area contributed by atoms with Gasteiger partial charge in [0.15, 0.2) is 5.58 Å². The number of benzene rings is 9. The molecule has 258 valence electrons. The van der Waals surface area contributed by atoms with E-state index < -0.39 is 0 Å². The van der Waals surface area contributed by atoms with E-state index in [0.29, 0.717) is 5.89 Å². The Morgan fingerprint density at radius 2 is 1.04 bits per heavy atom. The van der Waals surface area contributed by atoms with E-state index in [1.807, 2.05) is 42.5 Å². The lowest BCUT2D eigenvalue weighted by Gasteiger charge is -2.27. The first-order valence-electron chi connectivity index (χ1n) is 18.5. The highest BCUT2D eigenvalue weighted by molar-refractivity contribution is 6.19. The van der Waals surface area contributed by atoms with Gasteiger partial charge in [-0.05, 0) is 105 Å². The van der Waals surface area contributed by atoms with Gasteiger partial charge in [0.05, 0.1) is 0 Å². The zero-order valence-electron chi connectivity index (χ0n) is 29.7. The van der Waals surface area contributed by atoms with E-state index in [1.165, 1.54) is 0 Å². The number of oxazole rings is 1. The van der Waals surface area contributed by atoms with Crippen molar-refractivity contribution in [2.75, 3.05) is 4.90 Å². The molecular weight excluding hydrogens is 673 g/mol. The largest absolute Gasteiger partial charge is 0.456 e. The van der Waals surface area contributed by atoms with Crippen LogP contribution in [-0.2, 0) is 0 Å². The first kappa shape index (κ1) is 31.1. The van der Waals surface area contributed by atoms with E-state index in [4.69, 9.17) is 13.8 Å². The molecular formula is C51H32N2O2. The quantitative estimate of drug-likeness (QED) is 0.162. The van der Waals surface area contributed by atoms with Gasteiger partial charge < -0.3 is 13.7 Å². The van der Waals surface area contributed by atoms with Gasteiger partial charge in [0, 0.05) is 38.8 Å². The van der Waals surface area contributed by atoms with Crippen LogP contribution < -0.4 is 4.90 Å². The molecule has 9 aromatic carbocycles. The third-order valence-electron chi connectivity index (χ3n) is 10.7. The van der Waals surface area contributed by atoms with Crippen molar-refractivity contribution in [1.29, 1.82) is 0 Å². The molecule has 0 aliphatic rings. The number of furan rings is 1. The fourth-order valence-corrected chi connectivity index (χ4v) is 8.14. The van der Waals surface area contributed by atoms with Crippen LogP contribution in [0, 0.1) is 0 Å². The molecule has 0 bridgehead atoms. The Labute approximate surface area is 317 Å². The van der Waals surface area contributed by atoms with Crippen molar-refractivity contribution in [1.82, 2.24) is 4.98 Å². The molecule has 4 nitrogen and oxygen atoms in total. The van der Waals surface area contributed by atoms with Crippen LogP contribution in [0.25, 0.3) is 88.3 Å². The van der Waals surface area contributed by atoms with Crippen LogP contribution in [-0.4, -0.2) is 4.98 Å². The van der Waals surface area contributed by atoms with Crippen molar-refractivity contribution in [2.24, 2.45) is 0 Å². The van der Waals surface area contributed by atoms with Crippen LogP contribution in [0.4, 0.5) is 17.1 Å². The van der Waals surface area contributed by atoms with Gasteiger partial charge >= 0.3 is 0 Å². The average molecular weight is 705 g/mol. The first-order chi connectivity index (χ1) is 27.3. The van der Waals surface area contributed by atoms with Crippen molar-refractivity contribution in [2.45, 2.75) is 0 Å². The van der Waals surface area contributed by atoms with Crippen LogP contribution in [0.3, 0.4) is 0 Å². The zero-order valence-corrected chi connectivity index (χ0v) is 29.7. The summed E-state index contributed by atoms with van der Waals surface area (Å²) in [4.78, 5) is 7.26. The fourth-order valence-electron chi connectivity index (χ4n) is 8.14. The monoisotopic (exact) mass is 704 g/mol. The second kappa shape index (κ2) is 12.6. The molecule has 11 rings (SSSR count). The molecule has 0 N–H and O–H groups in total. The van der Waals surface area contributed by atoms with Crippen LogP contribution in [0.15, 0.2) is 203 Å². The van der Waals surface area contributed by atoms with Crippen LogP contribution in [0.2, 0.25) is 0 Å². The standard InChI is InChI=1S/C51H32N2O2/c1-4-13-33(14-5-1)43-31-39(28-29-40(43)41-20-12-22-47-49(41)42-19-10-11-21-46(42)54-47)53(37-17-8-3-9-18-37)38-27-25-34-23-24-35-26-30-45-50(48(35)44(34)32-38)55-51(52-45)36-15-6-2-7-16-36/h1-32H. The van der Waals surface area contributed by atoms with Crippen LogP contribution in [0.1, 0.15) is 0 Å². The maximum absolute atomic E-state index is 6.59. The number of rotatable bonds is 6. The molecule has 0 atom stereocenters. The topological polar surface area (TPSA) is 42.4 Å². The third kappa shape index (κ3) is 5.19. The number of hydrogen-bond donors (Lipinski definition) is 0. The minimum Gasteiger partial charge on any atom is -0.456 e. The molecule has 0 saturated carbocycles. The molecule has 0 unspecified atom stereocenters. The smallest absolute Gasteiger partial charge is 0.227 e. The number of nitrogens with zero attached hydrogens (tertiary/aromatic N) is 2. The maximum atomic E-state index is 6.59. The molecule has 2 heterocycles. The van der Waals surface area contributed by atoms with Gasteiger partial charge in [-0.1, -0.05) is 127 Å². The predicted molar refractivity (Wildman–Crippen MR) is 227 cm³/mol. The Hall–Kier alpha value is -7.43. The predicted octanol–water partition coefficient (Wildman–Crippen LogP) is 14.5. The van der Waals surface area contributed by atoms with E-state index in [0.717, 1.165) is 99.5 Å². The molecule has 0 radical (unpaired) electrons. The Balaban J connectivity index is 1.14. The number of anilines is 3. The normalized spacial score (nSPS) is 11.6. The lowest BCUT2D eigenvalue weighted by Crippen LogP contribution is -2.10. The lowest BCUT2D eigenvalue weighted by molar-refractivity contribution is 0.623. The van der Waals surface area contributed by atoms with Crippen molar-refractivity contribution < 1.29 is 8.83 Å². The van der Waals surface area contributed by atoms with E-state index in [2.05, 4.69) is 157 Å². The van der Waals surface area contributed by atoms with Crippen molar-refractivity contribution >= 4 is 71.6 Å². The molecule has 0 saturated heterocycles. The van der Waals surface area contributed by atoms with Crippen LogP contribution >= 0.6 is 0 Å². The summed E-state index contributed by atoms with van der Waals surface area (Å²) in [6.45, 7) is 0. The third-order valence-corrected chi connectivity index (χ3v) is 10.7. The molecule has 0 aliphatic heterocycles. The molecule has 2 aromatic heterocycles. The van der Waals surface area contributed by atoms with Gasteiger partial charge in [-0.15, -0.1) is 0 Å². The summed E-state index contributed by atoms with van der Waals surface area (Å²) < 4.78 is 12.9. The molecule has 0 fully saturated rings. The highest BCUT2D eigenvalue weighted by atomic mass is 16.3. The Morgan fingerprint density at radius 1 is 0.382 bits per heavy atom. The Morgan fingerprint density at radius 3 is 1.87 bits per heavy atom. The summed E-state index contributed by atoms with van der Waals surface area (Å²) in [6.07, 6.45) is 0. The zero-order chi connectivity index (χ0) is 36.3. The summed E-state index contributed by atoms with van der Waals surface area (Å²) in [6, 6.07) is 68.1. The molecule has 4 heteroatoms. The number of aromatic nitrogens is 1. The number of fused-ring (bicyclic) bond motifs is 8. The SMILES string of the molecule is c1ccc(-c2nc3ccc4ccc5ccc(N(c6ccccc6)c6ccc(-c7cccc8oc9ccccc9c78)c(-c7ccccc7)c6)cc5c4c3o2)cc1. The minimum atomic E-state index is 0.620. The Kier molecular flexibility index (Phi) is 7.14. The van der Waals surface area contributed by atoms with Crippen molar-refractivity contribution in [3.8, 4) is 33.7 Å². The maximum Gasteiger partial charge on any atom is 0.227 e. The second-order valence-electron chi connectivity index (χ2n) is 13.9. The van der Waals surface area contributed by atoms with Crippen molar-refractivity contribution in [3.63, 3.8) is 0 Å². The highest BCUT2D eigenvalue weighted by Crippen LogP contribution is 2.45. The highest BCUT2D eigenvalue weighted by Gasteiger charge is 2.20. The minimum absolute atomic E-state index is 0.620. The van der Waals surface area contributed by atoms with Gasteiger partial charge in [0.1, 0.15) is 16.7 Å². The van der Waals surface area contributed by atoms with Gasteiger partial charge in [-0.3, -0.25) is 0 Å². The molecule has 0 spiro atoms. The van der Waals surface area contributed by atoms with E-state index in [9.17, 15) is 0 Å². The first-order valence-corrected chi connectivity index (χ1v) is 18.5. The van der Waals surface area contributed by atoms with E-state index >= 15 is 0 Å². The Bertz CT molecular complexity index is 3200. The molecule has 11 aromatic rings. The lowest BCUT2D eigenvalue weighted by atomic mass is 9.91.